The Hall–Kier alpha value is -4.06. The summed E-state index contributed by atoms with van der Waals surface area (Å²) in [4.78, 5) is 28.3. The van der Waals surface area contributed by atoms with E-state index in [-0.39, 0.29) is 22.5 Å². The number of hydrogen-bond donors (Lipinski definition) is 2. The zero-order valence-electron chi connectivity index (χ0n) is 22.1. The highest BCUT2D eigenvalue weighted by Crippen LogP contribution is 2.44. The number of aliphatic hydroxyl groups is 1. The van der Waals surface area contributed by atoms with Crippen molar-refractivity contribution in [3.05, 3.63) is 94.6 Å². The molecule has 0 aliphatic carbocycles. The zero-order chi connectivity index (χ0) is 27.1. The molecule has 0 spiro atoms. The third-order valence-electron chi connectivity index (χ3n) is 6.75. The van der Waals surface area contributed by atoms with Crippen LogP contribution in [0.3, 0.4) is 0 Å². The van der Waals surface area contributed by atoms with Gasteiger partial charge in [0.2, 0.25) is 0 Å². The first-order valence-corrected chi connectivity index (χ1v) is 12.3. The maximum atomic E-state index is 13.5. The molecule has 1 amide bonds. The molecule has 1 unspecified atom stereocenters. The van der Waals surface area contributed by atoms with Crippen LogP contribution in [0.1, 0.15) is 68.8 Å². The molecule has 0 radical (unpaired) electrons. The van der Waals surface area contributed by atoms with Crippen molar-refractivity contribution in [2.24, 2.45) is 0 Å². The van der Waals surface area contributed by atoms with Crippen LogP contribution >= 0.6 is 0 Å². The van der Waals surface area contributed by atoms with Gasteiger partial charge in [0.15, 0.2) is 0 Å². The van der Waals surface area contributed by atoms with Crippen molar-refractivity contribution in [3.8, 4) is 11.5 Å². The zero-order valence-corrected chi connectivity index (χ0v) is 22.1. The Balaban J connectivity index is 1.94. The molecular formula is C31H33NO5. The van der Waals surface area contributed by atoms with Gasteiger partial charge >= 0.3 is 0 Å². The minimum absolute atomic E-state index is 0.00212. The number of Topliss-reactive ketones (excluding diaryl/α,β-unsaturated/α-hetero) is 1. The number of ether oxygens (including phenoxy) is 1. The Morgan fingerprint density at radius 2 is 1.65 bits per heavy atom. The molecule has 6 nitrogen and oxygen atoms in total. The Morgan fingerprint density at radius 3 is 2.22 bits per heavy atom. The molecule has 37 heavy (non-hydrogen) atoms. The molecule has 1 heterocycles. The average Bonchev–Trinajstić information content (AvgIpc) is 3.13. The monoisotopic (exact) mass is 499 g/mol. The van der Waals surface area contributed by atoms with Crippen molar-refractivity contribution in [2.45, 2.75) is 52.0 Å². The molecule has 1 saturated heterocycles. The van der Waals surface area contributed by atoms with Crippen LogP contribution in [0.25, 0.3) is 5.76 Å². The number of carbonyl (C=O) groups is 2. The molecule has 3 aromatic rings. The standard InChI is InChI=1S/C31H33NO5/c1-18(2)19-10-13-22(14-11-19)32-27(20-8-7-9-23(33)16-20)26(29(35)30(32)36)28(34)21-12-15-25(37-6)24(17-21)31(3,4)5/h7-18,27,33-34H,1-6H3/b28-26-. The summed E-state index contributed by atoms with van der Waals surface area (Å²) in [5.41, 5.74) is 3.07. The molecule has 4 rings (SSSR count). The van der Waals surface area contributed by atoms with Crippen LogP contribution in [0.4, 0.5) is 5.69 Å². The van der Waals surface area contributed by atoms with Gasteiger partial charge in [0.25, 0.3) is 11.7 Å². The van der Waals surface area contributed by atoms with Crippen LogP contribution in [0.5, 0.6) is 11.5 Å². The van der Waals surface area contributed by atoms with Gasteiger partial charge in [-0.1, -0.05) is 58.9 Å². The molecule has 1 fully saturated rings. The normalized spacial score (nSPS) is 17.5. The minimum atomic E-state index is -0.919. The van der Waals surface area contributed by atoms with Crippen LogP contribution in [-0.2, 0) is 15.0 Å². The number of nitrogens with zero attached hydrogens (tertiary/aromatic N) is 1. The first kappa shape index (κ1) is 26.0. The maximum absolute atomic E-state index is 13.5. The summed E-state index contributed by atoms with van der Waals surface area (Å²) < 4.78 is 5.52. The van der Waals surface area contributed by atoms with E-state index in [2.05, 4.69) is 13.8 Å². The summed E-state index contributed by atoms with van der Waals surface area (Å²) >= 11 is 0. The van der Waals surface area contributed by atoms with Crippen molar-refractivity contribution in [3.63, 3.8) is 0 Å². The van der Waals surface area contributed by atoms with E-state index < -0.39 is 17.7 Å². The number of phenols is 1. The second-order valence-electron chi connectivity index (χ2n) is 10.7. The van der Waals surface area contributed by atoms with Crippen molar-refractivity contribution in [2.75, 3.05) is 12.0 Å². The summed E-state index contributed by atoms with van der Waals surface area (Å²) in [6.07, 6.45) is 0. The third kappa shape index (κ3) is 4.84. The average molecular weight is 500 g/mol. The molecule has 0 bridgehead atoms. The van der Waals surface area contributed by atoms with E-state index in [0.29, 0.717) is 28.5 Å². The lowest BCUT2D eigenvalue weighted by atomic mass is 9.84. The van der Waals surface area contributed by atoms with E-state index >= 15 is 0 Å². The largest absolute Gasteiger partial charge is 0.508 e. The van der Waals surface area contributed by atoms with E-state index in [1.165, 1.54) is 17.0 Å². The van der Waals surface area contributed by atoms with Crippen LogP contribution in [0.2, 0.25) is 0 Å². The van der Waals surface area contributed by atoms with Crippen molar-refractivity contribution in [1.82, 2.24) is 0 Å². The Bertz CT molecular complexity index is 1380. The van der Waals surface area contributed by atoms with Gasteiger partial charge in [0.1, 0.15) is 17.3 Å². The minimum Gasteiger partial charge on any atom is -0.508 e. The summed E-state index contributed by atoms with van der Waals surface area (Å²) in [6, 6.07) is 18.2. The first-order valence-electron chi connectivity index (χ1n) is 12.3. The van der Waals surface area contributed by atoms with Gasteiger partial charge in [-0.2, -0.15) is 0 Å². The van der Waals surface area contributed by atoms with Gasteiger partial charge in [-0.15, -0.1) is 0 Å². The van der Waals surface area contributed by atoms with Gasteiger partial charge in [0, 0.05) is 16.8 Å². The Labute approximate surface area is 217 Å². The lowest BCUT2D eigenvalue weighted by Gasteiger charge is -2.26. The lowest BCUT2D eigenvalue weighted by Crippen LogP contribution is -2.29. The van der Waals surface area contributed by atoms with Crippen molar-refractivity contribution in [1.29, 1.82) is 0 Å². The summed E-state index contributed by atoms with van der Waals surface area (Å²) in [5, 5.41) is 21.7. The summed E-state index contributed by atoms with van der Waals surface area (Å²) in [7, 11) is 1.59. The van der Waals surface area contributed by atoms with E-state index in [1.807, 2.05) is 32.9 Å². The van der Waals surface area contributed by atoms with Gasteiger partial charge < -0.3 is 14.9 Å². The van der Waals surface area contributed by atoms with E-state index in [0.717, 1.165) is 11.1 Å². The molecule has 6 heteroatoms. The highest BCUT2D eigenvalue weighted by Gasteiger charge is 2.47. The van der Waals surface area contributed by atoms with Gasteiger partial charge in [-0.25, -0.2) is 0 Å². The number of rotatable bonds is 5. The lowest BCUT2D eigenvalue weighted by molar-refractivity contribution is -0.132. The molecular weight excluding hydrogens is 466 g/mol. The van der Waals surface area contributed by atoms with Crippen LogP contribution in [0.15, 0.2) is 72.3 Å². The number of methoxy groups -OCH3 is 1. The smallest absolute Gasteiger partial charge is 0.300 e. The topological polar surface area (TPSA) is 87.1 Å². The predicted octanol–water partition coefficient (Wildman–Crippen LogP) is 6.45. The molecule has 192 valence electrons. The SMILES string of the molecule is COc1ccc(/C(O)=C2/C(=O)C(=O)N(c3ccc(C(C)C)cc3)C2c2cccc(O)c2)cc1C(C)(C)C. The quantitative estimate of drug-likeness (QED) is 0.239. The number of ketones is 1. The number of amides is 1. The second kappa shape index (κ2) is 9.77. The fourth-order valence-corrected chi connectivity index (χ4v) is 4.73. The number of hydrogen-bond acceptors (Lipinski definition) is 5. The van der Waals surface area contributed by atoms with Crippen molar-refractivity contribution < 1.29 is 24.5 Å². The fourth-order valence-electron chi connectivity index (χ4n) is 4.73. The van der Waals surface area contributed by atoms with E-state index in [9.17, 15) is 19.8 Å². The summed E-state index contributed by atoms with van der Waals surface area (Å²) in [6.45, 7) is 10.2. The molecule has 0 saturated carbocycles. The predicted molar refractivity (Wildman–Crippen MR) is 145 cm³/mol. The van der Waals surface area contributed by atoms with Gasteiger partial charge in [-0.3, -0.25) is 14.5 Å². The van der Waals surface area contributed by atoms with Crippen LogP contribution in [0, 0.1) is 0 Å². The molecule has 1 atom stereocenters. The number of benzene rings is 3. The second-order valence-corrected chi connectivity index (χ2v) is 10.7. The number of carbonyl (C=O) groups excluding carboxylic acids is 2. The number of phenolic OH excluding ortho intramolecular Hbond substituents is 1. The molecule has 0 aromatic heterocycles. The highest BCUT2D eigenvalue weighted by molar-refractivity contribution is 6.51. The number of aromatic hydroxyl groups is 1. The third-order valence-corrected chi connectivity index (χ3v) is 6.75. The number of aliphatic hydroxyl groups excluding tert-OH is 1. The molecule has 2 N–H and O–H groups in total. The van der Waals surface area contributed by atoms with E-state index in [1.54, 1.807) is 49.6 Å². The van der Waals surface area contributed by atoms with Gasteiger partial charge in [-0.05, 0) is 64.9 Å². The highest BCUT2D eigenvalue weighted by atomic mass is 16.5. The fraction of sp³-hybridized carbons (Fsp3) is 0.290. The Morgan fingerprint density at radius 1 is 0.973 bits per heavy atom. The summed E-state index contributed by atoms with van der Waals surface area (Å²) in [5.74, 6) is -0.833. The van der Waals surface area contributed by atoms with Crippen LogP contribution < -0.4 is 9.64 Å². The van der Waals surface area contributed by atoms with Crippen molar-refractivity contribution >= 4 is 23.1 Å². The Kier molecular flexibility index (Phi) is 6.87. The van der Waals surface area contributed by atoms with Gasteiger partial charge in [0.05, 0.1) is 18.7 Å². The molecule has 1 aliphatic rings. The first-order chi connectivity index (χ1) is 17.4. The van der Waals surface area contributed by atoms with E-state index in [4.69, 9.17) is 4.74 Å². The molecule has 3 aromatic carbocycles. The molecule has 1 aliphatic heterocycles. The maximum Gasteiger partial charge on any atom is 0.300 e. The van der Waals surface area contributed by atoms with Crippen LogP contribution in [-0.4, -0.2) is 29.0 Å². The number of anilines is 1.